The Kier molecular flexibility index (Phi) is 6.49. The third-order valence-corrected chi connectivity index (χ3v) is 4.38. The zero-order valence-corrected chi connectivity index (χ0v) is 16.5. The molecule has 0 spiro atoms. The van der Waals surface area contributed by atoms with Gasteiger partial charge in [0.05, 0.1) is 12.0 Å². The lowest BCUT2D eigenvalue weighted by atomic mass is 10.1. The van der Waals surface area contributed by atoms with Gasteiger partial charge in [-0.1, -0.05) is 18.2 Å². The van der Waals surface area contributed by atoms with Gasteiger partial charge in [0.25, 0.3) is 5.91 Å². The monoisotopic (exact) mass is 396 g/mol. The van der Waals surface area contributed by atoms with Gasteiger partial charge in [0.15, 0.2) is 6.61 Å². The summed E-state index contributed by atoms with van der Waals surface area (Å²) in [4.78, 5) is 38.1. The number of anilines is 2. The molecule has 29 heavy (non-hydrogen) atoms. The van der Waals surface area contributed by atoms with Crippen molar-refractivity contribution in [3.8, 4) is 5.75 Å². The van der Waals surface area contributed by atoms with Gasteiger partial charge in [0.1, 0.15) is 5.75 Å². The Labute approximate surface area is 169 Å². The van der Waals surface area contributed by atoms with Gasteiger partial charge in [-0.25, -0.2) is 0 Å². The highest BCUT2D eigenvalue weighted by molar-refractivity contribution is 6.00. The number of amides is 2. The van der Waals surface area contributed by atoms with Crippen LogP contribution in [0.1, 0.15) is 20.3 Å². The highest BCUT2D eigenvalue weighted by atomic mass is 16.5. The van der Waals surface area contributed by atoms with Crippen LogP contribution in [0.25, 0.3) is 0 Å². The molecule has 2 amide bonds. The summed E-state index contributed by atoms with van der Waals surface area (Å²) in [5.74, 6) is -1.01. The van der Waals surface area contributed by atoms with Crippen molar-refractivity contribution in [2.75, 3.05) is 23.4 Å². The van der Waals surface area contributed by atoms with Crippen LogP contribution in [-0.4, -0.2) is 37.0 Å². The predicted molar refractivity (Wildman–Crippen MR) is 109 cm³/mol. The molecule has 1 heterocycles. The Morgan fingerprint density at radius 1 is 1.10 bits per heavy atom. The molecule has 1 aliphatic heterocycles. The van der Waals surface area contributed by atoms with Crippen molar-refractivity contribution in [2.45, 2.75) is 26.4 Å². The summed E-state index contributed by atoms with van der Waals surface area (Å²) < 4.78 is 10.7. The topological polar surface area (TPSA) is 84.9 Å². The predicted octanol–water partition coefficient (Wildman–Crippen LogP) is 3.01. The van der Waals surface area contributed by atoms with Crippen LogP contribution in [-0.2, 0) is 19.1 Å². The minimum Gasteiger partial charge on any atom is -0.491 e. The lowest BCUT2D eigenvalue weighted by Crippen LogP contribution is -2.28. The molecule has 0 aliphatic carbocycles. The second-order valence-corrected chi connectivity index (χ2v) is 7.09. The number of benzene rings is 2. The Morgan fingerprint density at radius 3 is 2.45 bits per heavy atom. The van der Waals surface area contributed by atoms with E-state index in [-0.39, 0.29) is 31.6 Å². The molecule has 7 nitrogen and oxygen atoms in total. The number of rotatable bonds is 7. The fraction of sp³-hybridized carbons (Fsp3) is 0.318. The second kappa shape index (κ2) is 9.23. The number of nitrogens with one attached hydrogen (secondary N) is 1. The summed E-state index contributed by atoms with van der Waals surface area (Å²) >= 11 is 0. The molecule has 1 saturated heterocycles. The molecule has 1 aliphatic rings. The maximum absolute atomic E-state index is 12.3. The summed E-state index contributed by atoms with van der Waals surface area (Å²) in [6.07, 6.45) is 0.121. The molecular formula is C22H24N2O5. The average Bonchev–Trinajstić information content (AvgIpc) is 3.09. The Balaban J connectivity index is 1.51. The summed E-state index contributed by atoms with van der Waals surface area (Å²) in [6.45, 7) is 3.71. The molecular weight excluding hydrogens is 372 g/mol. The van der Waals surface area contributed by atoms with Crippen LogP contribution < -0.4 is 15.0 Å². The number of esters is 1. The van der Waals surface area contributed by atoms with Gasteiger partial charge < -0.3 is 19.7 Å². The first-order valence-corrected chi connectivity index (χ1v) is 9.51. The van der Waals surface area contributed by atoms with Crippen molar-refractivity contribution in [2.24, 2.45) is 5.92 Å². The van der Waals surface area contributed by atoms with Gasteiger partial charge in [-0.3, -0.25) is 14.4 Å². The number of ether oxygens (including phenoxy) is 2. The van der Waals surface area contributed by atoms with E-state index in [1.165, 1.54) is 0 Å². The van der Waals surface area contributed by atoms with E-state index in [1.54, 1.807) is 53.4 Å². The van der Waals surface area contributed by atoms with E-state index in [1.807, 2.05) is 19.9 Å². The number of carbonyl (C=O) groups excluding carboxylic acids is 3. The molecule has 3 rings (SSSR count). The van der Waals surface area contributed by atoms with Crippen molar-refractivity contribution >= 4 is 29.2 Å². The van der Waals surface area contributed by atoms with E-state index in [0.717, 1.165) is 5.75 Å². The van der Waals surface area contributed by atoms with Gasteiger partial charge in [-0.15, -0.1) is 0 Å². The van der Waals surface area contributed by atoms with Crippen LogP contribution >= 0.6 is 0 Å². The quantitative estimate of drug-likeness (QED) is 0.727. The SMILES string of the molecule is CC(C)Oc1ccc(N2C[C@@H](C(=O)OCC(=O)Nc3ccccc3)CC2=O)cc1. The van der Waals surface area contributed by atoms with Crippen molar-refractivity contribution in [3.63, 3.8) is 0 Å². The number of para-hydroxylation sites is 1. The largest absolute Gasteiger partial charge is 0.491 e. The maximum Gasteiger partial charge on any atom is 0.311 e. The summed E-state index contributed by atoms with van der Waals surface area (Å²) in [6, 6.07) is 16.1. The highest BCUT2D eigenvalue weighted by Crippen LogP contribution is 2.27. The van der Waals surface area contributed by atoms with Crippen LogP contribution in [0.4, 0.5) is 11.4 Å². The van der Waals surface area contributed by atoms with Gasteiger partial charge in [-0.05, 0) is 50.2 Å². The maximum atomic E-state index is 12.3. The zero-order valence-electron chi connectivity index (χ0n) is 16.5. The van der Waals surface area contributed by atoms with Crippen LogP contribution in [0, 0.1) is 5.92 Å². The minimum atomic E-state index is -0.599. The molecule has 0 radical (unpaired) electrons. The summed E-state index contributed by atoms with van der Waals surface area (Å²) in [5, 5.41) is 2.64. The molecule has 1 atom stereocenters. The fourth-order valence-electron chi connectivity index (χ4n) is 3.06. The third kappa shape index (κ3) is 5.57. The molecule has 1 fully saturated rings. The molecule has 0 unspecified atom stereocenters. The van der Waals surface area contributed by atoms with Crippen LogP contribution in [0.5, 0.6) is 5.75 Å². The lowest BCUT2D eigenvalue weighted by Gasteiger charge is -2.17. The second-order valence-electron chi connectivity index (χ2n) is 7.09. The van der Waals surface area contributed by atoms with Gasteiger partial charge in [0, 0.05) is 24.3 Å². The number of nitrogens with zero attached hydrogens (tertiary/aromatic N) is 1. The molecule has 0 bridgehead atoms. The minimum absolute atomic E-state index is 0.0589. The average molecular weight is 396 g/mol. The van der Waals surface area contributed by atoms with Crippen LogP contribution in [0.2, 0.25) is 0 Å². The fourth-order valence-corrected chi connectivity index (χ4v) is 3.06. The highest BCUT2D eigenvalue weighted by Gasteiger charge is 2.36. The smallest absolute Gasteiger partial charge is 0.311 e. The van der Waals surface area contributed by atoms with E-state index in [9.17, 15) is 14.4 Å². The zero-order chi connectivity index (χ0) is 20.8. The molecule has 152 valence electrons. The first-order chi connectivity index (χ1) is 13.9. The standard InChI is InChI=1S/C22H24N2O5/c1-15(2)29-19-10-8-18(9-11-19)24-13-16(12-21(24)26)22(27)28-14-20(25)23-17-6-4-3-5-7-17/h3-11,15-16H,12-14H2,1-2H3,(H,23,25)/t16-/m0/s1. The van der Waals surface area contributed by atoms with Crippen molar-refractivity contribution < 1.29 is 23.9 Å². The summed E-state index contributed by atoms with van der Waals surface area (Å²) in [7, 11) is 0. The van der Waals surface area contributed by atoms with Crippen LogP contribution in [0.15, 0.2) is 54.6 Å². The van der Waals surface area contributed by atoms with Crippen LogP contribution in [0.3, 0.4) is 0 Å². The number of hydrogen-bond acceptors (Lipinski definition) is 5. The van der Waals surface area contributed by atoms with E-state index < -0.39 is 17.8 Å². The normalized spacial score (nSPS) is 16.0. The molecule has 0 saturated carbocycles. The van der Waals surface area contributed by atoms with Gasteiger partial charge in [0.2, 0.25) is 5.91 Å². The third-order valence-electron chi connectivity index (χ3n) is 4.38. The molecule has 2 aromatic rings. The molecule has 2 aromatic carbocycles. The lowest BCUT2D eigenvalue weighted by molar-refractivity contribution is -0.151. The van der Waals surface area contributed by atoms with E-state index >= 15 is 0 Å². The molecule has 0 aromatic heterocycles. The van der Waals surface area contributed by atoms with E-state index in [4.69, 9.17) is 9.47 Å². The number of carbonyl (C=O) groups is 3. The van der Waals surface area contributed by atoms with E-state index in [2.05, 4.69) is 5.32 Å². The van der Waals surface area contributed by atoms with Gasteiger partial charge >= 0.3 is 5.97 Å². The van der Waals surface area contributed by atoms with Crippen molar-refractivity contribution in [3.05, 3.63) is 54.6 Å². The van der Waals surface area contributed by atoms with Crippen molar-refractivity contribution in [1.29, 1.82) is 0 Å². The number of hydrogen-bond donors (Lipinski definition) is 1. The Bertz CT molecular complexity index is 865. The first-order valence-electron chi connectivity index (χ1n) is 9.51. The molecule has 7 heteroatoms. The molecule has 1 N–H and O–H groups in total. The summed E-state index contributed by atoms with van der Waals surface area (Å²) in [5.41, 5.74) is 1.32. The first kappa shape index (κ1) is 20.4. The van der Waals surface area contributed by atoms with Gasteiger partial charge in [-0.2, -0.15) is 0 Å². The Morgan fingerprint density at radius 2 is 1.79 bits per heavy atom. The van der Waals surface area contributed by atoms with Crippen molar-refractivity contribution in [1.82, 2.24) is 0 Å². The van der Waals surface area contributed by atoms with E-state index in [0.29, 0.717) is 11.4 Å². The Hall–Kier alpha value is -3.35.